The molecule has 0 aliphatic heterocycles. The van der Waals surface area contributed by atoms with E-state index in [1.54, 1.807) is 0 Å². The van der Waals surface area contributed by atoms with Gasteiger partial charge < -0.3 is 28.5 Å². The number of carboxylic acids is 1. The molecule has 9 heteroatoms. The number of esters is 2. The highest BCUT2D eigenvalue weighted by molar-refractivity contribution is 5.71. The Bertz CT molecular complexity index is 1380. The predicted molar refractivity (Wildman–Crippen MR) is 295 cm³/mol. The minimum Gasteiger partial charge on any atom is -0.477 e. The Morgan fingerprint density at radius 2 is 0.814 bits per heavy atom. The smallest absolute Gasteiger partial charge is 0.361 e. The molecule has 2 unspecified atom stereocenters. The molecule has 70 heavy (non-hydrogen) atoms. The largest absolute Gasteiger partial charge is 0.477 e. The van der Waals surface area contributed by atoms with E-state index >= 15 is 0 Å². The molecule has 0 aromatic heterocycles. The van der Waals surface area contributed by atoms with Crippen LogP contribution in [0.15, 0.2) is 72.9 Å². The van der Waals surface area contributed by atoms with Gasteiger partial charge in [0.15, 0.2) is 6.10 Å². The standard InChI is InChI=1S/C61H107NO8/c1-6-8-10-12-14-16-18-20-21-22-23-24-25-26-27-28-29-30-31-32-33-34-35-36-37-38-39-40-42-44-46-48-50-52-59(64)70-57(56-69-61(60(65)66)67-54-53-62(3,4)5)55-68-58(63)51-49-47-45-43-41-19-17-15-13-11-9-7-2/h8,10,14,16,20-21,23-24,26-27,29-30,57,61H,6-7,9,11-13,15,17-19,22,25,28,31-56H2,1-5H3/p+1/b10-8-,16-14-,21-20-,24-23-,27-26-,30-29-. The van der Waals surface area contributed by atoms with Crippen molar-refractivity contribution < 1.29 is 42.9 Å². The summed E-state index contributed by atoms with van der Waals surface area (Å²) in [6.45, 7) is 4.77. The van der Waals surface area contributed by atoms with E-state index in [2.05, 4.69) is 86.8 Å². The lowest BCUT2D eigenvalue weighted by atomic mass is 10.0. The highest BCUT2D eigenvalue weighted by atomic mass is 16.7. The molecule has 0 aliphatic carbocycles. The zero-order valence-electron chi connectivity index (χ0n) is 45.9. The maximum atomic E-state index is 12.8. The topological polar surface area (TPSA) is 108 Å². The number of quaternary nitrogens is 1. The van der Waals surface area contributed by atoms with Crippen molar-refractivity contribution in [2.75, 3.05) is 47.5 Å². The molecular weight excluding hydrogens is 875 g/mol. The van der Waals surface area contributed by atoms with Crippen LogP contribution >= 0.6 is 0 Å². The van der Waals surface area contributed by atoms with Crippen LogP contribution in [0.25, 0.3) is 0 Å². The average Bonchev–Trinajstić information content (AvgIpc) is 3.33. The van der Waals surface area contributed by atoms with Crippen LogP contribution in [0, 0.1) is 0 Å². The highest BCUT2D eigenvalue weighted by Crippen LogP contribution is 2.16. The van der Waals surface area contributed by atoms with Crippen molar-refractivity contribution in [1.82, 2.24) is 0 Å². The fourth-order valence-corrected chi connectivity index (χ4v) is 7.84. The number of carboxylic acid groups (broad SMARTS) is 1. The number of hydrogen-bond donors (Lipinski definition) is 1. The Balaban J connectivity index is 4.12. The van der Waals surface area contributed by atoms with E-state index in [0.717, 1.165) is 77.0 Å². The number of aliphatic carboxylic acids is 1. The van der Waals surface area contributed by atoms with E-state index in [0.29, 0.717) is 17.4 Å². The monoisotopic (exact) mass is 983 g/mol. The Labute approximate surface area is 430 Å². The summed E-state index contributed by atoms with van der Waals surface area (Å²) in [4.78, 5) is 37.3. The molecule has 0 bridgehead atoms. The maximum absolute atomic E-state index is 12.8. The number of carbonyl (C=O) groups is 3. The summed E-state index contributed by atoms with van der Waals surface area (Å²) in [6.07, 6.45) is 64.1. The van der Waals surface area contributed by atoms with Gasteiger partial charge in [-0.2, -0.15) is 0 Å². The molecule has 9 nitrogen and oxygen atoms in total. The molecule has 0 saturated heterocycles. The summed E-state index contributed by atoms with van der Waals surface area (Å²) in [5, 5.41) is 9.68. The third-order valence-corrected chi connectivity index (χ3v) is 12.2. The van der Waals surface area contributed by atoms with Gasteiger partial charge >= 0.3 is 17.9 Å². The van der Waals surface area contributed by atoms with Gasteiger partial charge in [0.2, 0.25) is 0 Å². The molecule has 1 N–H and O–H groups in total. The lowest BCUT2D eigenvalue weighted by Crippen LogP contribution is -2.40. The maximum Gasteiger partial charge on any atom is 0.361 e. The molecule has 0 aromatic rings. The average molecular weight is 984 g/mol. The van der Waals surface area contributed by atoms with Crippen molar-refractivity contribution in [1.29, 1.82) is 0 Å². The van der Waals surface area contributed by atoms with E-state index < -0.39 is 24.3 Å². The van der Waals surface area contributed by atoms with Gasteiger partial charge in [-0.15, -0.1) is 0 Å². The predicted octanol–water partition coefficient (Wildman–Crippen LogP) is 16.6. The molecule has 0 saturated carbocycles. The van der Waals surface area contributed by atoms with Crippen LogP contribution in [0.2, 0.25) is 0 Å². The molecule has 0 fully saturated rings. The van der Waals surface area contributed by atoms with Gasteiger partial charge in [-0.3, -0.25) is 9.59 Å². The second-order valence-electron chi connectivity index (χ2n) is 20.2. The molecular formula is C61H108NO8+. The van der Waals surface area contributed by atoms with E-state index in [4.69, 9.17) is 18.9 Å². The molecule has 2 atom stereocenters. The summed E-state index contributed by atoms with van der Waals surface area (Å²) in [5.74, 6) is -2.00. The molecule has 0 aromatic carbocycles. The quantitative estimate of drug-likeness (QED) is 0.0211. The van der Waals surface area contributed by atoms with E-state index in [1.807, 2.05) is 21.1 Å². The Morgan fingerprint density at radius 1 is 0.443 bits per heavy atom. The Kier molecular flexibility index (Phi) is 49.6. The van der Waals surface area contributed by atoms with Gasteiger partial charge in [-0.25, -0.2) is 4.79 Å². The summed E-state index contributed by atoms with van der Waals surface area (Å²) in [6, 6.07) is 0. The van der Waals surface area contributed by atoms with Crippen LogP contribution in [0.5, 0.6) is 0 Å². The first kappa shape index (κ1) is 66.7. The molecule has 404 valence electrons. The third kappa shape index (κ3) is 52.6. The van der Waals surface area contributed by atoms with Crippen molar-refractivity contribution in [2.45, 2.75) is 251 Å². The highest BCUT2D eigenvalue weighted by Gasteiger charge is 2.25. The minimum atomic E-state index is -1.51. The summed E-state index contributed by atoms with van der Waals surface area (Å²) < 4.78 is 22.8. The number of ether oxygens (including phenoxy) is 4. The minimum absolute atomic E-state index is 0.181. The van der Waals surface area contributed by atoms with Gasteiger partial charge in [-0.1, -0.05) is 234 Å². The normalized spacial score (nSPS) is 13.3. The van der Waals surface area contributed by atoms with Gasteiger partial charge in [0.25, 0.3) is 6.29 Å². The molecule has 0 heterocycles. The summed E-state index contributed by atoms with van der Waals surface area (Å²) in [5.41, 5.74) is 0. The Morgan fingerprint density at radius 3 is 1.21 bits per heavy atom. The van der Waals surface area contributed by atoms with Gasteiger partial charge in [0, 0.05) is 12.8 Å². The number of unbranched alkanes of at least 4 members (excludes halogenated alkanes) is 25. The number of hydrogen-bond acceptors (Lipinski definition) is 7. The fourth-order valence-electron chi connectivity index (χ4n) is 7.84. The second-order valence-corrected chi connectivity index (χ2v) is 20.2. The lowest BCUT2D eigenvalue weighted by molar-refractivity contribution is -0.870. The van der Waals surface area contributed by atoms with Crippen LogP contribution in [0.4, 0.5) is 0 Å². The van der Waals surface area contributed by atoms with Gasteiger partial charge in [0.05, 0.1) is 34.4 Å². The van der Waals surface area contributed by atoms with Crippen molar-refractivity contribution >= 4 is 17.9 Å². The van der Waals surface area contributed by atoms with Gasteiger partial charge in [-0.05, 0) is 64.2 Å². The zero-order chi connectivity index (χ0) is 51.3. The number of rotatable bonds is 52. The van der Waals surface area contributed by atoms with Crippen molar-refractivity contribution in [3.8, 4) is 0 Å². The summed E-state index contributed by atoms with van der Waals surface area (Å²) >= 11 is 0. The second kappa shape index (κ2) is 52.1. The molecule has 0 amide bonds. The fraction of sp³-hybridized carbons (Fsp3) is 0.754. The van der Waals surface area contributed by atoms with Crippen LogP contribution in [-0.2, 0) is 33.3 Å². The van der Waals surface area contributed by atoms with Crippen molar-refractivity contribution in [3.05, 3.63) is 72.9 Å². The number of nitrogens with zero attached hydrogens (tertiary/aromatic N) is 1. The molecule has 0 radical (unpaired) electrons. The van der Waals surface area contributed by atoms with Crippen LogP contribution in [-0.4, -0.2) is 87.4 Å². The molecule has 0 spiro atoms. The van der Waals surface area contributed by atoms with E-state index in [9.17, 15) is 19.5 Å². The van der Waals surface area contributed by atoms with Crippen molar-refractivity contribution in [2.24, 2.45) is 0 Å². The first-order valence-electron chi connectivity index (χ1n) is 28.6. The SMILES string of the molecule is CC/C=C\C/C=C\C/C=C\C/C=C\C/C=C\C/C=C\CCCCCCCCCCCCCCCCC(=O)OC(COC(=O)CCCCCCCCCCCCCC)COC(OCC[N+](C)(C)C)C(=O)O. The zero-order valence-corrected chi connectivity index (χ0v) is 45.9. The van der Waals surface area contributed by atoms with Gasteiger partial charge in [0.1, 0.15) is 13.2 Å². The number of likely N-dealkylation sites (N-methyl/N-ethyl adjacent to an activating group) is 1. The van der Waals surface area contributed by atoms with E-state index in [-0.39, 0.29) is 32.2 Å². The Hall–Kier alpha value is -3.27. The number of allylic oxidation sites excluding steroid dienone is 12. The molecule has 0 rings (SSSR count). The van der Waals surface area contributed by atoms with E-state index in [1.165, 1.54) is 135 Å². The lowest BCUT2D eigenvalue weighted by Gasteiger charge is -2.25. The first-order valence-corrected chi connectivity index (χ1v) is 28.6. The summed E-state index contributed by atoms with van der Waals surface area (Å²) in [7, 11) is 5.96. The van der Waals surface area contributed by atoms with Crippen LogP contribution < -0.4 is 0 Å². The third-order valence-electron chi connectivity index (χ3n) is 12.2. The van der Waals surface area contributed by atoms with Crippen LogP contribution in [0.1, 0.15) is 239 Å². The molecule has 0 aliphatic rings. The first-order chi connectivity index (χ1) is 34.1. The van der Waals surface area contributed by atoms with Crippen molar-refractivity contribution in [3.63, 3.8) is 0 Å². The number of carbonyl (C=O) groups excluding carboxylic acids is 2. The van der Waals surface area contributed by atoms with Crippen LogP contribution in [0.3, 0.4) is 0 Å².